The lowest BCUT2D eigenvalue weighted by Crippen LogP contribution is -2.25. The van der Waals surface area contributed by atoms with Crippen LogP contribution in [0.15, 0.2) is 48.6 Å². The maximum Gasteiger partial charge on any atom is 0.305 e. The quantitative estimate of drug-likeness (QED) is 0.0816. The van der Waals surface area contributed by atoms with Gasteiger partial charge in [0.2, 0.25) is 0 Å². The molecule has 0 bridgehead atoms. The summed E-state index contributed by atoms with van der Waals surface area (Å²) in [5.41, 5.74) is 0. The van der Waals surface area contributed by atoms with E-state index in [0.717, 1.165) is 70.6 Å². The average molecular weight is 521 g/mol. The van der Waals surface area contributed by atoms with Crippen LogP contribution in [0.3, 0.4) is 0 Å². The third-order valence-electron chi connectivity index (χ3n) is 5.59. The summed E-state index contributed by atoms with van der Waals surface area (Å²) in [5, 5.41) is 19.0. The van der Waals surface area contributed by atoms with Crippen LogP contribution in [-0.4, -0.2) is 47.6 Å². The fourth-order valence-electron chi connectivity index (χ4n) is 3.39. The van der Waals surface area contributed by atoms with Crippen molar-refractivity contribution >= 4 is 11.9 Å². The van der Waals surface area contributed by atoms with Gasteiger partial charge in [-0.25, -0.2) is 0 Å². The van der Waals surface area contributed by atoms with Gasteiger partial charge in [0.15, 0.2) is 0 Å². The number of hydrogen-bond donors (Lipinski definition) is 2. The molecule has 0 saturated heterocycles. The van der Waals surface area contributed by atoms with Gasteiger partial charge in [0, 0.05) is 12.8 Å². The van der Waals surface area contributed by atoms with E-state index in [1.54, 1.807) is 0 Å². The Morgan fingerprint density at radius 1 is 0.649 bits per heavy atom. The highest BCUT2D eigenvalue weighted by Crippen LogP contribution is 2.06. The molecule has 2 atom stereocenters. The molecule has 0 aliphatic heterocycles. The number of allylic oxidation sites excluding steroid dienone is 8. The van der Waals surface area contributed by atoms with Crippen molar-refractivity contribution in [3.8, 4) is 0 Å². The van der Waals surface area contributed by atoms with Crippen molar-refractivity contribution in [2.24, 2.45) is 0 Å². The monoisotopic (exact) mass is 520 g/mol. The molecule has 0 aromatic carbocycles. The van der Waals surface area contributed by atoms with Crippen LogP contribution in [-0.2, 0) is 19.1 Å². The topological polar surface area (TPSA) is 93.1 Å². The highest BCUT2D eigenvalue weighted by molar-refractivity contribution is 5.69. The molecule has 0 aromatic heterocycles. The molecule has 0 aliphatic rings. The van der Waals surface area contributed by atoms with Gasteiger partial charge in [-0.1, -0.05) is 81.2 Å². The molecule has 6 nitrogen and oxygen atoms in total. The zero-order chi connectivity index (χ0) is 27.4. The van der Waals surface area contributed by atoms with E-state index in [1.165, 1.54) is 6.42 Å². The van der Waals surface area contributed by atoms with Crippen molar-refractivity contribution in [1.29, 1.82) is 0 Å². The van der Waals surface area contributed by atoms with Crippen LogP contribution in [0, 0.1) is 0 Å². The van der Waals surface area contributed by atoms with E-state index in [-0.39, 0.29) is 31.3 Å². The van der Waals surface area contributed by atoms with Gasteiger partial charge in [0.1, 0.15) is 19.3 Å². The number of aliphatic hydroxyl groups is 2. The second kappa shape index (κ2) is 26.9. The predicted octanol–water partition coefficient (Wildman–Crippen LogP) is 6.91. The Hall–Kier alpha value is -2.18. The van der Waals surface area contributed by atoms with Crippen molar-refractivity contribution in [2.45, 2.75) is 122 Å². The van der Waals surface area contributed by atoms with Crippen LogP contribution in [0.5, 0.6) is 0 Å². The molecule has 0 fully saturated rings. The summed E-state index contributed by atoms with van der Waals surface area (Å²) in [5.74, 6) is -0.666. The minimum Gasteiger partial charge on any atom is -0.463 e. The fraction of sp³-hybridized carbons (Fsp3) is 0.677. The maximum absolute atomic E-state index is 11.8. The van der Waals surface area contributed by atoms with Crippen LogP contribution in [0.25, 0.3) is 0 Å². The smallest absolute Gasteiger partial charge is 0.305 e. The Morgan fingerprint density at radius 2 is 1.11 bits per heavy atom. The van der Waals surface area contributed by atoms with E-state index < -0.39 is 6.10 Å². The number of rotatable bonds is 24. The summed E-state index contributed by atoms with van der Waals surface area (Å²) < 4.78 is 10.1. The predicted molar refractivity (Wildman–Crippen MR) is 151 cm³/mol. The Morgan fingerprint density at radius 3 is 1.62 bits per heavy atom. The Kier molecular flexibility index (Phi) is 25.3. The minimum absolute atomic E-state index is 0.143. The Balaban J connectivity index is 3.62. The summed E-state index contributed by atoms with van der Waals surface area (Å²) in [4.78, 5) is 23.4. The first-order chi connectivity index (χ1) is 18.0. The number of hydrogen-bond acceptors (Lipinski definition) is 6. The van der Waals surface area contributed by atoms with Gasteiger partial charge in [-0.3, -0.25) is 9.59 Å². The summed E-state index contributed by atoms with van der Waals surface area (Å²) in [6.45, 7) is 3.67. The second-order valence-corrected chi connectivity index (χ2v) is 9.45. The first-order valence-corrected chi connectivity index (χ1v) is 14.2. The fourth-order valence-corrected chi connectivity index (χ4v) is 3.39. The molecular formula is C31H52O6. The number of unbranched alkanes of at least 4 members (excludes halogenated alkanes) is 6. The zero-order valence-corrected chi connectivity index (χ0v) is 23.3. The summed E-state index contributed by atoms with van der Waals surface area (Å²) in [6, 6.07) is 0. The van der Waals surface area contributed by atoms with E-state index in [0.29, 0.717) is 19.3 Å². The normalized spacial score (nSPS) is 13.7. The number of ether oxygens (including phenoxy) is 2. The molecule has 0 saturated carbocycles. The summed E-state index contributed by atoms with van der Waals surface area (Å²) in [7, 11) is 0. The molecule has 2 N–H and O–H groups in total. The third-order valence-corrected chi connectivity index (χ3v) is 5.59. The highest BCUT2D eigenvalue weighted by atomic mass is 16.6. The molecule has 0 rings (SSSR count). The minimum atomic E-state index is -0.989. The third kappa shape index (κ3) is 28.2. The first kappa shape index (κ1) is 34.8. The largest absolute Gasteiger partial charge is 0.463 e. The van der Waals surface area contributed by atoms with Crippen molar-refractivity contribution in [3.63, 3.8) is 0 Å². The molecule has 37 heavy (non-hydrogen) atoms. The van der Waals surface area contributed by atoms with Gasteiger partial charge < -0.3 is 19.7 Å². The lowest BCUT2D eigenvalue weighted by Gasteiger charge is -2.12. The molecule has 0 amide bonds. The van der Waals surface area contributed by atoms with Gasteiger partial charge in [-0.2, -0.15) is 0 Å². The van der Waals surface area contributed by atoms with Crippen LogP contribution in [0.4, 0.5) is 0 Å². The summed E-state index contributed by atoms with van der Waals surface area (Å²) >= 11 is 0. The van der Waals surface area contributed by atoms with E-state index in [1.807, 2.05) is 6.92 Å². The number of carbonyl (C=O) groups excluding carboxylic acids is 2. The highest BCUT2D eigenvalue weighted by Gasteiger charge is 2.11. The zero-order valence-electron chi connectivity index (χ0n) is 23.3. The van der Waals surface area contributed by atoms with Crippen LogP contribution in [0.2, 0.25) is 0 Å². The van der Waals surface area contributed by atoms with E-state index in [4.69, 9.17) is 9.47 Å². The van der Waals surface area contributed by atoms with Gasteiger partial charge >= 0.3 is 11.9 Å². The molecule has 212 valence electrons. The molecule has 0 spiro atoms. The standard InChI is InChI=1S/C31H52O6/c1-3-4-5-17-21-24-30(34)36-26-29(33)27-37-31(35)25-22-19-16-14-12-10-8-6-7-9-11-13-15-18-20-23-28(2)32/h7-10,13-16,28-29,32-33H,3-6,11-12,17-27H2,1-2H3/b9-7-,10-8-,15-13-,16-14-/t28-,29+/m1/s1. The molecule has 0 unspecified atom stereocenters. The molecule has 0 aromatic rings. The van der Waals surface area contributed by atoms with Crippen LogP contribution >= 0.6 is 0 Å². The van der Waals surface area contributed by atoms with E-state index in [9.17, 15) is 19.8 Å². The molecular weight excluding hydrogens is 468 g/mol. The Labute approximate surface area is 225 Å². The summed E-state index contributed by atoms with van der Waals surface area (Å²) in [6.07, 6.45) is 28.9. The molecule has 0 aliphatic carbocycles. The lowest BCUT2D eigenvalue weighted by molar-refractivity contribution is -0.152. The van der Waals surface area contributed by atoms with Crippen molar-refractivity contribution in [1.82, 2.24) is 0 Å². The van der Waals surface area contributed by atoms with Gasteiger partial charge in [0.25, 0.3) is 0 Å². The van der Waals surface area contributed by atoms with Crippen molar-refractivity contribution < 1.29 is 29.3 Å². The molecule has 6 heteroatoms. The van der Waals surface area contributed by atoms with Crippen LogP contribution < -0.4 is 0 Å². The first-order valence-electron chi connectivity index (χ1n) is 14.2. The van der Waals surface area contributed by atoms with Crippen molar-refractivity contribution in [2.75, 3.05) is 13.2 Å². The van der Waals surface area contributed by atoms with E-state index >= 15 is 0 Å². The average Bonchev–Trinajstić information content (AvgIpc) is 2.87. The molecule has 0 heterocycles. The lowest BCUT2D eigenvalue weighted by atomic mass is 10.1. The van der Waals surface area contributed by atoms with E-state index in [2.05, 4.69) is 55.5 Å². The number of esters is 2. The van der Waals surface area contributed by atoms with Gasteiger partial charge in [-0.15, -0.1) is 0 Å². The second-order valence-electron chi connectivity index (χ2n) is 9.45. The maximum atomic E-state index is 11.8. The van der Waals surface area contributed by atoms with Gasteiger partial charge in [-0.05, 0) is 64.7 Å². The molecule has 0 radical (unpaired) electrons. The van der Waals surface area contributed by atoms with Crippen LogP contribution in [0.1, 0.15) is 110 Å². The van der Waals surface area contributed by atoms with Crippen molar-refractivity contribution in [3.05, 3.63) is 48.6 Å². The number of aliphatic hydroxyl groups excluding tert-OH is 2. The Bertz CT molecular complexity index is 663. The number of carbonyl (C=O) groups is 2. The van der Waals surface area contributed by atoms with Gasteiger partial charge in [0.05, 0.1) is 6.10 Å². The SMILES string of the molecule is CCCCCCCC(=O)OC[C@H](O)COC(=O)CCC/C=C\C/C=C\C/C=C\C/C=C\CCC[C@@H](C)O.